The number of carbonyl (C=O) groups excluding carboxylic acids is 2. The second-order valence-corrected chi connectivity index (χ2v) is 10.6. The van der Waals surface area contributed by atoms with E-state index in [-0.39, 0.29) is 29.9 Å². The fourth-order valence-electron chi connectivity index (χ4n) is 4.93. The average Bonchev–Trinajstić information content (AvgIpc) is 3.42. The third-order valence-electron chi connectivity index (χ3n) is 7.32. The van der Waals surface area contributed by atoms with Gasteiger partial charge in [0.05, 0.1) is 17.4 Å². The molecule has 214 valence electrons. The molecule has 4 rings (SSSR count). The zero-order chi connectivity index (χ0) is 28.6. The normalized spacial score (nSPS) is 20.7. The number of nitrogens with one attached hydrogen (secondary N) is 1. The van der Waals surface area contributed by atoms with Crippen LogP contribution in [0, 0.1) is 5.92 Å². The molecule has 2 heterocycles. The topological polar surface area (TPSA) is 97.1 Å². The summed E-state index contributed by atoms with van der Waals surface area (Å²) in [6, 6.07) is 17.1. The predicted molar refractivity (Wildman–Crippen MR) is 154 cm³/mol. The van der Waals surface area contributed by atoms with E-state index in [0.717, 1.165) is 23.4 Å². The second-order valence-electron chi connectivity index (χ2n) is 10.6. The number of hydrogen-bond acceptors (Lipinski definition) is 7. The van der Waals surface area contributed by atoms with E-state index in [0.29, 0.717) is 49.7 Å². The highest BCUT2D eigenvalue weighted by Gasteiger charge is 2.29. The van der Waals surface area contributed by atoms with E-state index in [1.165, 1.54) is 0 Å². The Kier molecular flexibility index (Phi) is 9.95. The van der Waals surface area contributed by atoms with Crippen molar-refractivity contribution < 1.29 is 23.6 Å². The van der Waals surface area contributed by atoms with Crippen LogP contribution in [-0.2, 0) is 16.1 Å². The van der Waals surface area contributed by atoms with Crippen molar-refractivity contribution in [2.24, 2.45) is 5.92 Å². The summed E-state index contributed by atoms with van der Waals surface area (Å²) in [7, 11) is 3.45. The molecule has 2 amide bonds. The number of methoxy groups -OCH3 is 1. The van der Waals surface area contributed by atoms with Crippen LogP contribution in [0.2, 0.25) is 0 Å². The lowest BCUT2D eigenvalue weighted by atomic mass is 10.0. The van der Waals surface area contributed by atoms with Crippen LogP contribution in [-0.4, -0.2) is 72.8 Å². The molecule has 40 heavy (non-hydrogen) atoms. The van der Waals surface area contributed by atoms with Crippen LogP contribution >= 0.6 is 0 Å². The molecular weight excluding hydrogens is 508 g/mol. The van der Waals surface area contributed by atoms with E-state index in [1.807, 2.05) is 43.3 Å². The molecule has 0 unspecified atom stereocenters. The Morgan fingerprint density at radius 1 is 1.12 bits per heavy atom. The van der Waals surface area contributed by atoms with Crippen molar-refractivity contribution >= 4 is 17.5 Å². The Bertz CT molecular complexity index is 1280. The summed E-state index contributed by atoms with van der Waals surface area (Å²) < 4.78 is 17.8. The maximum atomic E-state index is 13.5. The lowest BCUT2D eigenvalue weighted by Gasteiger charge is -2.35. The summed E-state index contributed by atoms with van der Waals surface area (Å²) in [5.41, 5.74) is 2.79. The van der Waals surface area contributed by atoms with E-state index in [1.54, 1.807) is 37.3 Å². The van der Waals surface area contributed by atoms with Gasteiger partial charge in [0.1, 0.15) is 12.4 Å². The summed E-state index contributed by atoms with van der Waals surface area (Å²) in [6.07, 6.45) is 0.978. The maximum Gasteiger partial charge on any atom is 0.257 e. The molecule has 0 radical (unpaired) electrons. The summed E-state index contributed by atoms with van der Waals surface area (Å²) in [5, 5.41) is 7.23. The molecule has 0 saturated carbocycles. The highest BCUT2D eigenvalue weighted by atomic mass is 16.5. The number of likely N-dealkylation sites (N-methyl/N-ethyl adjacent to an activating group) is 1. The Morgan fingerprint density at radius 3 is 2.62 bits per heavy atom. The Balaban J connectivity index is 1.60. The predicted octanol–water partition coefficient (Wildman–Crippen LogP) is 5.09. The molecule has 0 aliphatic carbocycles. The number of anilines is 1. The van der Waals surface area contributed by atoms with Crippen LogP contribution in [0.25, 0.3) is 11.3 Å². The van der Waals surface area contributed by atoms with Crippen molar-refractivity contribution in [2.45, 2.75) is 52.3 Å². The van der Waals surface area contributed by atoms with Crippen LogP contribution < -0.4 is 10.1 Å². The Labute approximate surface area is 236 Å². The SMILES string of the molecule is CCCC(=O)Nc1ccc2c(c1)C(=O)N(C)C[C@@H](OC)[C@H](C)CN(Cc1cc(-c3ccccc3)on1)[C@H](C)CO2. The quantitative estimate of drug-likeness (QED) is 0.439. The van der Waals surface area contributed by atoms with E-state index in [4.69, 9.17) is 14.0 Å². The van der Waals surface area contributed by atoms with Gasteiger partial charge in [-0.25, -0.2) is 0 Å². The number of amides is 2. The standard InChI is InChI=1S/C31H40N4O5/c1-6-10-30(36)32-24-13-14-27-26(15-24)31(37)34(4)19-29(38-5)21(2)17-35(22(3)20-39-27)18-25-16-28(40-33-25)23-11-8-7-9-12-23/h7-9,11-16,21-22,29H,6,10,17-20H2,1-5H3,(H,32,36)/t21-,22-,29-/m1/s1. The van der Waals surface area contributed by atoms with Gasteiger partial charge in [-0.3, -0.25) is 14.5 Å². The molecule has 2 aromatic carbocycles. The third kappa shape index (κ3) is 7.28. The Hall–Kier alpha value is -3.69. The summed E-state index contributed by atoms with van der Waals surface area (Å²) in [6.45, 7) is 8.25. The van der Waals surface area contributed by atoms with E-state index in [2.05, 4.69) is 29.2 Å². The number of hydrogen-bond donors (Lipinski definition) is 1. The number of carbonyl (C=O) groups is 2. The number of nitrogens with zero attached hydrogens (tertiary/aromatic N) is 3. The second kappa shape index (κ2) is 13.6. The zero-order valence-corrected chi connectivity index (χ0v) is 24.1. The number of ether oxygens (including phenoxy) is 2. The first-order chi connectivity index (χ1) is 19.3. The molecule has 1 aliphatic rings. The van der Waals surface area contributed by atoms with Gasteiger partial charge in [-0.15, -0.1) is 0 Å². The molecule has 1 N–H and O–H groups in total. The first kappa shape index (κ1) is 29.3. The fraction of sp³-hybridized carbons (Fsp3) is 0.452. The molecule has 3 aromatic rings. The van der Waals surface area contributed by atoms with Gasteiger partial charge in [-0.05, 0) is 37.5 Å². The summed E-state index contributed by atoms with van der Waals surface area (Å²) in [5.74, 6) is 1.05. The minimum Gasteiger partial charge on any atom is -0.491 e. The molecule has 9 nitrogen and oxygen atoms in total. The highest BCUT2D eigenvalue weighted by Crippen LogP contribution is 2.27. The van der Waals surface area contributed by atoms with Crippen molar-refractivity contribution in [2.75, 3.05) is 39.2 Å². The van der Waals surface area contributed by atoms with Gasteiger partial charge >= 0.3 is 0 Å². The van der Waals surface area contributed by atoms with Crippen molar-refractivity contribution in [1.29, 1.82) is 0 Å². The number of benzene rings is 2. The number of fused-ring (bicyclic) bond motifs is 1. The van der Waals surface area contributed by atoms with Crippen LogP contribution in [0.15, 0.2) is 59.1 Å². The molecule has 0 fully saturated rings. The Morgan fingerprint density at radius 2 is 1.90 bits per heavy atom. The molecule has 0 spiro atoms. The van der Waals surface area contributed by atoms with E-state index < -0.39 is 0 Å². The van der Waals surface area contributed by atoms with Crippen LogP contribution in [0.4, 0.5) is 5.69 Å². The largest absolute Gasteiger partial charge is 0.491 e. The molecule has 9 heteroatoms. The minimum absolute atomic E-state index is 0.000808. The summed E-state index contributed by atoms with van der Waals surface area (Å²) in [4.78, 5) is 29.7. The van der Waals surface area contributed by atoms with Gasteiger partial charge in [0.15, 0.2) is 5.76 Å². The molecule has 0 saturated heterocycles. The molecule has 1 aliphatic heterocycles. The molecule has 0 bridgehead atoms. The monoisotopic (exact) mass is 548 g/mol. The van der Waals surface area contributed by atoms with Crippen molar-refractivity contribution in [3.05, 3.63) is 65.9 Å². The van der Waals surface area contributed by atoms with Crippen LogP contribution in [0.5, 0.6) is 5.75 Å². The molecule has 1 aromatic heterocycles. The lowest BCUT2D eigenvalue weighted by Crippen LogP contribution is -2.46. The van der Waals surface area contributed by atoms with Gasteiger partial charge in [-0.1, -0.05) is 49.3 Å². The van der Waals surface area contributed by atoms with Crippen molar-refractivity contribution in [1.82, 2.24) is 15.0 Å². The minimum atomic E-state index is -0.183. The zero-order valence-electron chi connectivity index (χ0n) is 24.1. The van der Waals surface area contributed by atoms with Crippen molar-refractivity contribution in [3.63, 3.8) is 0 Å². The highest BCUT2D eigenvalue weighted by molar-refractivity contribution is 5.99. The van der Waals surface area contributed by atoms with Crippen molar-refractivity contribution in [3.8, 4) is 17.1 Å². The first-order valence-corrected chi connectivity index (χ1v) is 13.9. The van der Waals surface area contributed by atoms with Gasteiger partial charge in [-0.2, -0.15) is 0 Å². The van der Waals surface area contributed by atoms with Gasteiger partial charge in [0.25, 0.3) is 5.91 Å². The van der Waals surface area contributed by atoms with Crippen LogP contribution in [0.1, 0.15) is 49.7 Å². The summed E-state index contributed by atoms with van der Waals surface area (Å²) >= 11 is 0. The van der Waals surface area contributed by atoms with Crippen LogP contribution in [0.3, 0.4) is 0 Å². The first-order valence-electron chi connectivity index (χ1n) is 13.9. The van der Waals surface area contributed by atoms with E-state index in [9.17, 15) is 9.59 Å². The molecular formula is C31H40N4O5. The lowest BCUT2D eigenvalue weighted by molar-refractivity contribution is -0.116. The van der Waals surface area contributed by atoms with Gasteiger partial charge in [0.2, 0.25) is 5.91 Å². The maximum absolute atomic E-state index is 13.5. The third-order valence-corrected chi connectivity index (χ3v) is 7.32. The fourth-order valence-corrected chi connectivity index (χ4v) is 4.93. The average molecular weight is 549 g/mol. The number of rotatable bonds is 7. The van der Waals surface area contributed by atoms with Gasteiger partial charge in [0, 0.05) is 63.6 Å². The van der Waals surface area contributed by atoms with Gasteiger partial charge < -0.3 is 24.2 Å². The number of aromatic nitrogens is 1. The van der Waals surface area contributed by atoms with E-state index >= 15 is 0 Å². The molecule has 3 atom stereocenters. The smallest absolute Gasteiger partial charge is 0.257 e.